The fourth-order valence-electron chi connectivity index (χ4n) is 3.02. The molecule has 2 unspecified atom stereocenters. The van der Waals surface area contributed by atoms with E-state index in [-0.39, 0.29) is 6.04 Å². The fraction of sp³-hybridized carbons (Fsp3) is 1.00. The Morgan fingerprint density at radius 2 is 2.15 bits per heavy atom. The zero-order valence-corrected chi connectivity index (χ0v) is 13.1. The van der Waals surface area contributed by atoms with Crippen LogP contribution in [-0.4, -0.2) is 58.7 Å². The van der Waals surface area contributed by atoms with E-state index >= 15 is 0 Å². The fourth-order valence-corrected chi connectivity index (χ4v) is 4.50. The Balaban J connectivity index is 1.83. The number of hydrogen-bond donors (Lipinski definition) is 2. The summed E-state index contributed by atoms with van der Waals surface area (Å²) in [6, 6.07) is 0.0843. The summed E-state index contributed by atoms with van der Waals surface area (Å²) >= 11 is 0. The van der Waals surface area contributed by atoms with Crippen LogP contribution in [0.4, 0.5) is 0 Å². The zero-order chi connectivity index (χ0) is 14.4. The molecule has 6 nitrogen and oxygen atoms in total. The second kappa shape index (κ2) is 7.70. The predicted molar refractivity (Wildman–Crippen MR) is 78.7 cm³/mol. The molecule has 2 N–H and O–H groups in total. The van der Waals surface area contributed by atoms with E-state index in [4.69, 9.17) is 4.74 Å². The number of piperidine rings is 1. The average Bonchev–Trinajstić information content (AvgIpc) is 2.92. The van der Waals surface area contributed by atoms with Crippen molar-refractivity contribution in [3.05, 3.63) is 0 Å². The highest BCUT2D eigenvalue weighted by atomic mass is 32.2. The van der Waals surface area contributed by atoms with Crippen LogP contribution in [0.2, 0.25) is 0 Å². The van der Waals surface area contributed by atoms with Crippen LogP contribution >= 0.6 is 0 Å². The van der Waals surface area contributed by atoms with Crippen LogP contribution in [0.25, 0.3) is 0 Å². The van der Waals surface area contributed by atoms with Crippen molar-refractivity contribution in [3.8, 4) is 0 Å². The lowest BCUT2D eigenvalue weighted by atomic mass is 10.1. The molecule has 0 aromatic heterocycles. The van der Waals surface area contributed by atoms with Crippen LogP contribution in [0.5, 0.6) is 0 Å². The summed E-state index contributed by atoms with van der Waals surface area (Å²) in [5, 5.41) is 3.09. The smallest absolute Gasteiger partial charge is 0.279 e. The lowest BCUT2D eigenvalue weighted by Crippen LogP contribution is -2.52. The maximum absolute atomic E-state index is 12.4. The first-order valence-corrected chi connectivity index (χ1v) is 9.06. The van der Waals surface area contributed by atoms with Crippen LogP contribution in [0.1, 0.15) is 32.1 Å². The Kier molecular flexibility index (Phi) is 6.22. The normalized spacial score (nSPS) is 28.9. The Morgan fingerprint density at radius 1 is 1.30 bits per heavy atom. The topological polar surface area (TPSA) is 70.7 Å². The highest BCUT2D eigenvalue weighted by Crippen LogP contribution is 2.20. The summed E-state index contributed by atoms with van der Waals surface area (Å²) in [5.74, 6) is 0.507. The molecule has 0 radical (unpaired) electrons. The average molecular weight is 305 g/mol. The predicted octanol–water partition coefficient (Wildman–Crippen LogP) is 0.321. The Labute approximate surface area is 122 Å². The molecule has 7 heteroatoms. The van der Waals surface area contributed by atoms with Gasteiger partial charge >= 0.3 is 0 Å². The third-order valence-corrected chi connectivity index (χ3v) is 5.85. The van der Waals surface area contributed by atoms with Crippen molar-refractivity contribution >= 4 is 10.2 Å². The first-order valence-electron chi connectivity index (χ1n) is 7.62. The van der Waals surface area contributed by atoms with Gasteiger partial charge in [0.25, 0.3) is 10.2 Å². The van der Waals surface area contributed by atoms with Crippen molar-refractivity contribution < 1.29 is 13.2 Å². The molecule has 2 fully saturated rings. The highest BCUT2D eigenvalue weighted by molar-refractivity contribution is 7.87. The molecule has 0 aliphatic carbocycles. The SMILES string of the molecule is CNCC1CCCCN1S(=O)(=O)NCCC1CCOC1. The van der Waals surface area contributed by atoms with Gasteiger partial charge in [0, 0.05) is 38.9 Å². The molecule has 20 heavy (non-hydrogen) atoms. The van der Waals surface area contributed by atoms with E-state index in [1.165, 1.54) is 0 Å². The molecule has 0 aromatic carbocycles. The zero-order valence-electron chi connectivity index (χ0n) is 12.3. The van der Waals surface area contributed by atoms with Gasteiger partial charge in [0.15, 0.2) is 0 Å². The summed E-state index contributed by atoms with van der Waals surface area (Å²) < 4.78 is 34.5. The number of hydrogen-bond acceptors (Lipinski definition) is 4. The summed E-state index contributed by atoms with van der Waals surface area (Å²) in [6.07, 6.45) is 4.92. The number of nitrogens with zero attached hydrogens (tertiary/aromatic N) is 1. The van der Waals surface area contributed by atoms with Crippen molar-refractivity contribution in [2.24, 2.45) is 5.92 Å². The maximum Gasteiger partial charge on any atom is 0.279 e. The molecule has 0 amide bonds. The standard InChI is InChI=1S/C13H27N3O3S/c1-14-10-13-4-2-3-8-16(13)20(17,18)15-7-5-12-6-9-19-11-12/h12-15H,2-11H2,1H3. The summed E-state index contributed by atoms with van der Waals surface area (Å²) in [6.45, 7) is 3.45. The van der Waals surface area contributed by atoms with Gasteiger partial charge in [0.1, 0.15) is 0 Å². The van der Waals surface area contributed by atoms with Crippen LogP contribution in [0, 0.1) is 5.92 Å². The molecule has 0 spiro atoms. The molecule has 2 saturated heterocycles. The molecule has 118 valence electrons. The van der Waals surface area contributed by atoms with Crippen molar-refractivity contribution in [2.75, 3.05) is 39.9 Å². The van der Waals surface area contributed by atoms with Crippen molar-refractivity contribution in [3.63, 3.8) is 0 Å². The third-order valence-electron chi connectivity index (χ3n) is 4.18. The van der Waals surface area contributed by atoms with Gasteiger partial charge in [-0.25, -0.2) is 4.72 Å². The molecule has 2 heterocycles. The van der Waals surface area contributed by atoms with E-state index in [0.29, 0.717) is 19.0 Å². The minimum atomic E-state index is -3.34. The molecular formula is C13H27N3O3S. The number of likely N-dealkylation sites (N-methyl/N-ethyl adjacent to an activating group) is 1. The first kappa shape index (κ1) is 16.2. The molecular weight excluding hydrogens is 278 g/mol. The van der Waals surface area contributed by atoms with Gasteiger partial charge in [-0.15, -0.1) is 0 Å². The minimum Gasteiger partial charge on any atom is -0.381 e. The van der Waals surface area contributed by atoms with Crippen LogP contribution in [-0.2, 0) is 14.9 Å². The van der Waals surface area contributed by atoms with E-state index in [2.05, 4.69) is 10.0 Å². The monoisotopic (exact) mass is 305 g/mol. The number of rotatable bonds is 7. The van der Waals surface area contributed by atoms with E-state index < -0.39 is 10.2 Å². The van der Waals surface area contributed by atoms with E-state index in [0.717, 1.165) is 51.9 Å². The van der Waals surface area contributed by atoms with Crippen molar-refractivity contribution in [1.29, 1.82) is 0 Å². The quantitative estimate of drug-likeness (QED) is 0.711. The second-order valence-electron chi connectivity index (χ2n) is 5.74. The van der Waals surface area contributed by atoms with Gasteiger partial charge in [-0.2, -0.15) is 12.7 Å². The van der Waals surface area contributed by atoms with Gasteiger partial charge in [-0.3, -0.25) is 0 Å². The Morgan fingerprint density at radius 3 is 2.85 bits per heavy atom. The molecule has 2 rings (SSSR count). The van der Waals surface area contributed by atoms with Crippen molar-refractivity contribution in [1.82, 2.24) is 14.3 Å². The van der Waals surface area contributed by atoms with Gasteiger partial charge in [-0.05, 0) is 38.6 Å². The van der Waals surface area contributed by atoms with Crippen LogP contribution < -0.4 is 10.0 Å². The molecule has 2 aliphatic heterocycles. The molecule has 0 bridgehead atoms. The second-order valence-corrected chi connectivity index (χ2v) is 7.44. The lowest BCUT2D eigenvalue weighted by molar-refractivity contribution is 0.184. The Hall–Kier alpha value is -0.210. The summed E-state index contributed by atoms with van der Waals surface area (Å²) in [7, 11) is -1.48. The molecule has 0 saturated carbocycles. The summed E-state index contributed by atoms with van der Waals surface area (Å²) in [4.78, 5) is 0. The summed E-state index contributed by atoms with van der Waals surface area (Å²) in [5.41, 5.74) is 0. The van der Waals surface area contributed by atoms with Crippen LogP contribution in [0.3, 0.4) is 0 Å². The molecule has 2 atom stereocenters. The maximum atomic E-state index is 12.4. The van der Waals surface area contributed by atoms with Gasteiger partial charge < -0.3 is 10.1 Å². The van der Waals surface area contributed by atoms with Gasteiger partial charge in [-0.1, -0.05) is 6.42 Å². The lowest BCUT2D eigenvalue weighted by Gasteiger charge is -2.34. The van der Waals surface area contributed by atoms with Crippen LogP contribution in [0.15, 0.2) is 0 Å². The van der Waals surface area contributed by atoms with E-state index in [1.807, 2.05) is 7.05 Å². The minimum absolute atomic E-state index is 0.0843. The van der Waals surface area contributed by atoms with Crippen molar-refractivity contribution in [2.45, 2.75) is 38.1 Å². The molecule has 0 aromatic rings. The Bertz CT molecular complexity index is 380. The van der Waals surface area contributed by atoms with Gasteiger partial charge in [0.05, 0.1) is 0 Å². The van der Waals surface area contributed by atoms with E-state index in [1.54, 1.807) is 4.31 Å². The largest absolute Gasteiger partial charge is 0.381 e. The number of nitrogens with one attached hydrogen (secondary N) is 2. The van der Waals surface area contributed by atoms with E-state index in [9.17, 15) is 8.42 Å². The molecule has 2 aliphatic rings. The third kappa shape index (κ3) is 4.39. The first-order chi connectivity index (χ1) is 9.63. The number of ether oxygens (including phenoxy) is 1. The highest BCUT2D eigenvalue weighted by Gasteiger charge is 2.31. The van der Waals surface area contributed by atoms with Gasteiger partial charge in [0.2, 0.25) is 0 Å².